The van der Waals surface area contributed by atoms with Gasteiger partial charge in [0.2, 0.25) is 0 Å². The van der Waals surface area contributed by atoms with Crippen LogP contribution in [0.4, 0.5) is 4.79 Å². The predicted octanol–water partition coefficient (Wildman–Crippen LogP) is 2.55. The monoisotopic (exact) mass is 281 g/mol. The van der Waals surface area contributed by atoms with Crippen molar-refractivity contribution in [1.82, 2.24) is 15.1 Å². The van der Waals surface area contributed by atoms with Crippen molar-refractivity contribution in [3.63, 3.8) is 0 Å². The lowest BCUT2D eigenvalue weighted by molar-refractivity contribution is 0.134. The van der Waals surface area contributed by atoms with Crippen LogP contribution in [-0.2, 0) is 0 Å². The number of amides is 2. The van der Waals surface area contributed by atoms with E-state index in [1.165, 1.54) is 25.8 Å². The minimum Gasteiger partial charge on any atom is -0.338 e. The highest BCUT2D eigenvalue weighted by molar-refractivity contribution is 5.74. The van der Waals surface area contributed by atoms with Crippen molar-refractivity contribution in [2.24, 2.45) is 11.8 Å². The lowest BCUT2D eigenvalue weighted by Gasteiger charge is -2.36. The van der Waals surface area contributed by atoms with E-state index in [0.29, 0.717) is 17.9 Å². The first kappa shape index (κ1) is 15.6. The summed E-state index contributed by atoms with van der Waals surface area (Å²) in [6.07, 6.45) is 4.92. The standard InChI is InChI=1S/C16H31N3O/c1-13(2)18-8-5-7-15(12-18)10-17-16(20)19-9-4-6-14(3)11-19/h13-15H,4-12H2,1-3H3,(H,17,20). The Hall–Kier alpha value is -0.770. The van der Waals surface area contributed by atoms with E-state index in [1.54, 1.807) is 0 Å². The number of carbonyl (C=O) groups excluding carboxylic acids is 1. The molecule has 116 valence electrons. The molecule has 2 aliphatic heterocycles. The Balaban J connectivity index is 1.72. The van der Waals surface area contributed by atoms with Crippen molar-refractivity contribution in [3.05, 3.63) is 0 Å². The number of nitrogens with one attached hydrogen (secondary N) is 1. The molecule has 0 aromatic heterocycles. The summed E-state index contributed by atoms with van der Waals surface area (Å²) < 4.78 is 0. The Bertz CT molecular complexity index is 319. The van der Waals surface area contributed by atoms with Crippen molar-refractivity contribution in [3.8, 4) is 0 Å². The second-order valence-electron chi connectivity index (χ2n) is 6.98. The third kappa shape index (κ3) is 4.37. The maximum Gasteiger partial charge on any atom is 0.317 e. The average Bonchev–Trinajstić information content (AvgIpc) is 2.45. The molecule has 0 saturated carbocycles. The van der Waals surface area contributed by atoms with Gasteiger partial charge in [-0.2, -0.15) is 0 Å². The van der Waals surface area contributed by atoms with Crippen molar-refractivity contribution >= 4 is 6.03 Å². The van der Waals surface area contributed by atoms with Crippen LogP contribution in [-0.4, -0.2) is 54.6 Å². The summed E-state index contributed by atoms with van der Waals surface area (Å²) in [7, 11) is 0. The average molecular weight is 281 g/mol. The van der Waals surface area contributed by atoms with E-state index in [9.17, 15) is 4.79 Å². The van der Waals surface area contributed by atoms with Crippen LogP contribution in [0, 0.1) is 11.8 Å². The molecule has 0 aromatic carbocycles. The SMILES string of the molecule is CC1CCCN(C(=O)NCC2CCCN(C(C)C)C2)C1. The molecule has 2 unspecified atom stereocenters. The Morgan fingerprint density at radius 3 is 2.65 bits per heavy atom. The third-order valence-electron chi connectivity index (χ3n) is 4.77. The van der Waals surface area contributed by atoms with E-state index in [4.69, 9.17) is 0 Å². The summed E-state index contributed by atoms with van der Waals surface area (Å²) in [5.74, 6) is 1.28. The molecular formula is C16H31N3O. The highest BCUT2D eigenvalue weighted by atomic mass is 16.2. The van der Waals surface area contributed by atoms with Crippen molar-refractivity contribution < 1.29 is 4.79 Å². The van der Waals surface area contributed by atoms with Crippen LogP contribution in [0.5, 0.6) is 0 Å². The fraction of sp³-hybridized carbons (Fsp3) is 0.938. The van der Waals surface area contributed by atoms with Gasteiger partial charge in [0.15, 0.2) is 0 Å². The number of hydrogen-bond acceptors (Lipinski definition) is 2. The van der Waals surface area contributed by atoms with Crippen LogP contribution in [0.1, 0.15) is 46.5 Å². The zero-order valence-corrected chi connectivity index (χ0v) is 13.4. The van der Waals surface area contributed by atoms with Gasteiger partial charge in [0.25, 0.3) is 0 Å². The minimum absolute atomic E-state index is 0.151. The molecule has 0 bridgehead atoms. The smallest absolute Gasteiger partial charge is 0.317 e. The van der Waals surface area contributed by atoms with Crippen LogP contribution >= 0.6 is 0 Å². The number of urea groups is 1. The van der Waals surface area contributed by atoms with E-state index < -0.39 is 0 Å². The highest BCUT2D eigenvalue weighted by Gasteiger charge is 2.24. The molecule has 0 spiro atoms. The molecule has 2 amide bonds. The first-order chi connectivity index (χ1) is 9.56. The first-order valence-electron chi connectivity index (χ1n) is 8.33. The second-order valence-corrected chi connectivity index (χ2v) is 6.98. The molecular weight excluding hydrogens is 250 g/mol. The summed E-state index contributed by atoms with van der Waals surface area (Å²) in [5.41, 5.74) is 0. The maximum atomic E-state index is 12.2. The van der Waals surface area contributed by atoms with Gasteiger partial charge in [0.05, 0.1) is 0 Å². The van der Waals surface area contributed by atoms with Gasteiger partial charge in [0.1, 0.15) is 0 Å². The topological polar surface area (TPSA) is 35.6 Å². The molecule has 2 saturated heterocycles. The molecule has 2 atom stereocenters. The molecule has 0 aliphatic carbocycles. The Morgan fingerprint density at radius 2 is 1.95 bits per heavy atom. The molecule has 1 N–H and O–H groups in total. The molecule has 4 heteroatoms. The Labute approximate surface area is 123 Å². The fourth-order valence-corrected chi connectivity index (χ4v) is 3.45. The molecule has 2 fully saturated rings. The van der Waals surface area contributed by atoms with E-state index >= 15 is 0 Å². The third-order valence-corrected chi connectivity index (χ3v) is 4.77. The van der Waals surface area contributed by atoms with Gasteiger partial charge in [-0.05, 0) is 57.9 Å². The number of rotatable bonds is 3. The van der Waals surface area contributed by atoms with Crippen molar-refractivity contribution in [2.75, 3.05) is 32.7 Å². The number of piperidine rings is 2. The zero-order valence-electron chi connectivity index (χ0n) is 13.4. The molecule has 2 heterocycles. The van der Waals surface area contributed by atoms with Crippen LogP contribution < -0.4 is 5.32 Å². The van der Waals surface area contributed by atoms with Crippen LogP contribution in [0.2, 0.25) is 0 Å². The van der Waals surface area contributed by atoms with E-state index in [2.05, 4.69) is 31.0 Å². The quantitative estimate of drug-likeness (QED) is 0.863. The van der Waals surface area contributed by atoms with E-state index in [1.807, 2.05) is 4.90 Å². The predicted molar refractivity (Wildman–Crippen MR) is 82.8 cm³/mol. The normalized spacial score (nSPS) is 28.7. The van der Waals surface area contributed by atoms with E-state index in [0.717, 1.165) is 32.6 Å². The van der Waals surface area contributed by atoms with Crippen molar-refractivity contribution in [1.29, 1.82) is 0 Å². The van der Waals surface area contributed by atoms with Crippen LogP contribution in [0.25, 0.3) is 0 Å². The molecule has 0 radical (unpaired) electrons. The maximum absolute atomic E-state index is 12.2. The van der Waals surface area contributed by atoms with Gasteiger partial charge in [-0.3, -0.25) is 0 Å². The number of carbonyl (C=O) groups is 1. The molecule has 2 aliphatic rings. The number of hydrogen-bond donors (Lipinski definition) is 1. The van der Waals surface area contributed by atoms with Gasteiger partial charge in [-0.25, -0.2) is 4.79 Å². The highest BCUT2D eigenvalue weighted by Crippen LogP contribution is 2.18. The lowest BCUT2D eigenvalue weighted by atomic mass is 9.97. The largest absolute Gasteiger partial charge is 0.338 e. The first-order valence-corrected chi connectivity index (χ1v) is 8.33. The Kier molecular flexibility index (Phi) is 5.70. The lowest BCUT2D eigenvalue weighted by Crippen LogP contribution is -2.48. The van der Waals surface area contributed by atoms with Gasteiger partial charge in [-0.15, -0.1) is 0 Å². The van der Waals surface area contributed by atoms with Crippen LogP contribution in [0.15, 0.2) is 0 Å². The zero-order chi connectivity index (χ0) is 14.5. The fourth-order valence-electron chi connectivity index (χ4n) is 3.45. The summed E-state index contributed by atoms with van der Waals surface area (Å²) in [6.45, 7) is 11.8. The van der Waals surface area contributed by atoms with Gasteiger partial charge in [0, 0.05) is 32.2 Å². The van der Waals surface area contributed by atoms with Gasteiger partial charge < -0.3 is 15.1 Å². The second kappa shape index (κ2) is 7.30. The molecule has 2 rings (SSSR count). The van der Waals surface area contributed by atoms with Gasteiger partial charge in [-0.1, -0.05) is 6.92 Å². The van der Waals surface area contributed by atoms with Crippen molar-refractivity contribution in [2.45, 2.75) is 52.5 Å². The summed E-state index contributed by atoms with van der Waals surface area (Å²) in [4.78, 5) is 16.7. The number of likely N-dealkylation sites (tertiary alicyclic amines) is 2. The summed E-state index contributed by atoms with van der Waals surface area (Å²) in [6, 6.07) is 0.773. The summed E-state index contributed by atoms with van der Waals surface area (Å²) >= 11 is 0. The number of nitrogens with zero attached hydrogens (tertiary/aromatic N) is 2. The molecule has 4 nitrogen and oxygen atoms in total. The minimum atomic E-state index is 0.151. The van der Waals surface area contributed by atoms with E-state index in [-0.39, 0.29) is 6.03 Å². The molecule has 20 heavy (non-hydrogen) atoms. The summed E-state index contributed by atoms with van der Waals surface area (Å²) in [5, 5.41) is 3.16. The Morgan fingerprint density at radius 1 is 1.20 bits per heavy atom. The van der Waals surface area contributed by atoms with Gasteiger partial charge >= 0.3 is 6.03 Å². The molecule has 0 aromatic rings. The van der Waals surface area contributed by atoms with Crippen LogP contribution in [0.3, 0.4) is 0 Å².